The van der Waals surface area contributed by atoms with Crippen molar-refractivity contribution in [2.24, 2.45) is 7.05 Å². The van der Waals surface area contributed by atoms with E-state index in [0.717, 1.165) is 53.1 Å². The van der Waals surface area contributed by atoms with Crippen LogP contribution in [0.1, 0.15) is 23.9 Å². The van der Waals surface area contributed by atoms with E-state index in [2.05, 4.69) is 47.4 Å². The first kappa shape index (κ1) is 19.7. The average Bonchev–Trinajstić information content (AvgIpc) is 3.09. The molecular weight excluding hydrogens is 372 g/mol. The Labute approximate surface area is 176 Å². The number of aromatic nitrogens is 2. The SMILES string of the molecule is CCc1ccccc1NC(=O)Nc1ccc(CCc2nc3ccccc3n2C)cc1. The molecule has 1 aromatic heterocycles. The molecule has 0 spiro atoms. The number of nitrogens with zero attached hydrogens (tertiary/aromatic N) is 2. The summed E-state index contributed by atoms with van der Waals surface area (Å²) < 4.78 is 2.16. The van der Waals surface area contributed by atoms with Crippen molar-refractivity contribution in [2.45, 2.75) is 26.2 Å². The summed E-state index contributed by atoms with van der Waals surface area (Å²) >= 11 is 0. The number of benzene rings is 3. The molecule has 30 heavy (non-hydrogen) atoms. The number of urea groups is 1. The standard InChI is InChI=1S/C25H26N4O/c1-3-19-8-4-5-9-21(19)28-25(30)26-20-15-12-18(13-16-20)14-17-24-27-22-10-6-7-11-23(22)29(24)2/h4-13,15-16H,3,14,17H2,1-2H3,(H2,26,28,30). The number of amides is 2. The zero-order chi connectivity index (χ0) is 20.9. The van der Waals surface area contributed by atoms with Gasteiger partial charge >= 0.3 is 6.03 Å². The summed E-state index contributed by atoms with van der Waals surface area (Å²) in [5.74, 6) is 1.08. The van der Waals surface area contributed by atoms with Crippen LogP contribution in [-0.2, 0) is 26.3 Å². The maximum absolute atomic E-state index is 12.3. The molecule has 3 aromatic carbocycles. The maximum atomic E-state index is 12.3. The van der Waals surface area contributed by atoms with Gasteiger partial charge in [0.05, 0.1) is 11.0 Å². The molecule has 5 heteroatoms. The summed E-state index contributed by atoms with van der Waals surface area (Å²) in [4.78, 5) is 17.1. The number of carbonyl (C=O) groups excluding carboxylic acids is 1. The van der Waals surface area contributed by atoms with Crippen molar-refractivity contribution in [3.05, 3.63) is 89.7 Å². The second kappa shape index (κ2) is 8.82. The van der Waals surface area contributed by atoms with Crippen molar-refractivity contribution in [1.82, 2.24) is 9.55 Å². The summed E-state index contributed by atoms with van der Waals surface area (Å²) in [5.41, 5.74) is 6.13. The molecule has 0 bridgehead atoms. The monoisotopic (exact) mass is 398 g/mol. The van der Waals surface area contributed by atoms with Gasteiger partial charge in [-0.15, -0.1) is 0 Å². The van der Waals surface area contributed by atoms with E-state index in [1.807, 2.05) is 54.6 Å². The van der Waals surface area contributed by atoms with Crippen molar-refractivity contribution in [3.63, 3.8) is 0 Å². The lowest BCUT2D eigenvalue weighted by Gasteiger charge is -2.11. The molecule has 0 saturated carbocycles. The maximum Gasteiger partial charge on any atom is 0.323 e. The Morgan fingerprint density at radius 2 is 1.63 bits per heavy atom. The zero-order valence-electron chi connectivity index (χ0n) is 17.4. The molecule has 0 aliphatic heterocycles. The smallest absolute Gasteiger partial charge is 0.323 e. The number of aryl methyl sites for hydroxylation is 4. The third-order valence-electron chi connectivity index (χ3n) is 5.38. The van der Waals surface area contributed by atoms with Gasteiger partial charge in [0.15, 0.2) is 0 Å². The van der Waals surface area contributed by atoms with Crippen LogP contribution in [0.5, 0.6) is 0 Å². The van der Waals surface area contributed by atoms with Gasteiger partial charge in [-0.1, -0.05) is 49.4 Å². The highest BCUT2D eigenvalue weighted by Gasteiger charge is 2.08. The average molecular weight is 399 g/mol. The third-order valence-corrected chi connectivity index (χ3v) is 5.38. The Bertz CT molecular complexity index is 1160. The number of hydrogen-bond acceptors (Lipinski definition) is 2. The molecular formula is C25H26N4O. The van der Waals surface area contributed by atoms with Crippen LogP contribution in [0.25, 0.3) is 11.0 Å². The van der Waals surface area contributed by atoms with E-state index in [-0.39, 0.29) is 6.03 Å². The zero-order valence-corrected chi connectivity index (χ0v) is 17.4. The Kier molecular flexibility index (Phi) is 5.80. The first-order valence-electron chi connectivity index (χ1n) is 10.3. The van der Waals surface area contributed by atoms with E-state index in [1.165, 1.54) is 5.56 Å². The van der Waals surface area contributed by atoms with Gasteiger partial charge < -0.3 is 15.2 Å². The first-order valence-corrected chi connectivity index (χ1v) is 10.3. The predicted octanol–water partition coefficient (Wildman–Crippen LogP) is 5.56. The number of para-hydroxylation sites is 3. The summed E-state index contributed by atoms with van der Waals surface area (Å²) in [6.45, 7) is 2.07. The van der Waals surface area contributed by atoms with Crippen LogP contribution >= 0.6 is 0 Å². The summed E-state index contributed by atoms with van der Waals surface area (Å²) in [5, 5.41) is 5.83. The second-order valence-corrected chi connectivity index (χ2v) is 7.36. The molecule has 0 aliphatic rings. The lowest BCUT2D eigenvalue weighted by molar-refractivity contribution is 0.262. The van der Waals surface area contributed by atoms with Crippen LogP contribution in [0.15, 0.2) is 72.8 Å². The minimum atomic E-state index is -0.233. The molecule has 0 radical (unpaired) electrons. The molecule has 0 aliphatic carbocycles. The Morgan fingerprint density at radius 1 is 0.900 bits per heavy atom. The van der Waals surface area contributed by atoms with Crippen molar-refractivity contribution in [2.75, 3.05) is 10.6 Å². The van der Waals surface area contributed by atoms with Crippen molar-refractivity contribution >= 4 is 28.4 Å². The van der Waals surface area contributed by atoms with Crippen LogP contribution in [0.3, 0.4) is 0 Å². The van der Waals surface area contributed by atoms with Gasteiger partial charge in [0, 0.05) is 24.8 Å². The highest BCUT2D eigenvalue weighted by Crippen LogP contribution is 2.18. The molecule has 0 fully saturated rings. The van der Waals surface area contributed by atoms with Gasteiger partial charge in [-0.3, -0.25) is 0 Å². The van der Waals surface area contributed by atoms with Gasteiger partial charge in [0.2, 0.25) is 0 Å². The normalized spacial score (nSPS) is 10.9. The Balaban J connectivity index is 1.35. The molecule has 0 atom stereocenters. The van der Waals surface area contributed by atoms with Crippen LogP contribution in [0.4, 0.5) is 16.2 Å². The molecule has 0 unspecified atom stereocenters. The minimum Gasteiger partial charge on any atom is -0.331 e. The third kappa shape index (κ3) is 4.35. The van der Waals surface area contributed by atoms with Crippen molar-refractivity contribution in [3.8, 4) is 0 Å². The quantitative estimate of drug-likeness (QED) is 0.446. The molecule has 2 N–H and O–H groups in total. The number of hydrogen-bond donors (Lipinski definition) is 2. The van der Waals surface area contributed by atoms with Gasteiger partial charge in [-0.2, -0.15) is 0 Å². The van der Waals surface area contributed by atoms with E-state index in [4.69, 9.17) is 4.98 Å². The Morgan fingerprint density at radius 3 is 2.40 bits per heavy atom. The predicted molar refractivity (Wildman–Crippen MR) is 123 cm³/mol. The van der Waals surface area contributed by atoms with E-state index in [0.29, 0.717) is 0 Å². The number of fused-ring (bicyclic) bond motifs is 1. The summed E-state index contributed by atoms with van der Waals surface area (Å²) in [7, 11) is 2.06. The highest BCUT2D eigenvalue weighted by atomic mass is 16.2. The number of rotatable bonds is 6. The van der Waals surface area contributed by atoms with Gasteiger partial charge in [-0.05, 0) is 54.3 Å². The fraction of sp³-hybridized carbons (Fsp3) is 0.200. The van der Waals surface area contributed by atoms with E-state index in [1.54, 1.807) is 0 Å². The molecule has 5 nitrogen and oxygen atoms in total. The first-order chi connectivity index (χ1) is 14.6. The number of anilines is 2. The second-order valence-electron chi connectivity index (χ2n) is 7.36. The Hall–Kier alpha value is -3.60. The number of imidazole rings is 1. The van der Waals surface area contributed by atoms with Gasteiger partial charge in [-0.25, -0.2) is 9.78 Å². The van der Waals surface area contributed by atoms with Crippen molar-refractivity contribution in [1.29, 1.82) is 0 Å². The number of nitrogens with one attached hydrogen (secondary N) is 2. The number of carbonyl (C=O) groups is 1. The van der Waals surface area contributed by atoms with Gasteiger partial charge in [0.25, 0.3) is 0 Å². The molecule has 152 valence electrons. The summed E-state index contributed by atoms with van der Waals surface area (Å²) in [6, 6.07) is 23.8. The highest BCUT2D eigenvalue weighted by molar-refractivity contribution is 6.00. The largest absolute Gasteiger partial charge is 0.331 e. The minimum absolute atomic E-state index is 0.233. The topological polar surface area (TPSA) is 59.0 Å². The van der Waals surface area contributed by atoms with Crippen LogP contribution in [0, 0.1) is 0 Å². The van der Waals surface area contributed by atoms with Crippen LogP contribution in [0.2, 0.25) is 0 Å². The molecule has 2 amide bonds. The fourth-order valence-electron chi connectivity index (χ4n) is 3.67. The summed E-state index contributed by atoms with van der Waals surface area (Å²) in [6.07, 6.45) is 2.64. The lowest BCUT2D eigenvalue weighted by atomic mass is 10.1. The molecule has 0 saturated heterocycles. The molecule has 4 aromatic rings. The van der Waals surface area contributed by atoms with E-state index < -0.39 is 0 Å². The molecule has 1 heterocycles. The van der Waals surface area contributed by atoms with E-state index in [9.17, 15) is 4.79 Å². The van der Waals surface area contributed by atoms with Crippen molar-refractivity contribution < 1.29 is 4.79 Å². The van der Waals surface area contributed by atoms with Crippen LogP contribution in [-0.4, -0.2) is 15.6 Å². The van der Waals surface area contributed by atoms with E-state index >= 15 is 0 Å². The lowest BCUT2D eigenvalue weighted by Crippen LogP contribution is -2.20. The van der Waals surface area contributed by atoms with Crippen LogP contribution < -0.4 is 10.6 Å². The fourth-order valence-corrected chi connectivity index (χ4v) is 3.67. The van der Waals surface area contributed by atoms with Gasteiger partial charge in [0.1, 0.15) is 5.82 Å². The molecule has 4 rings (SSSR count).